The molecule has 0 radical (unpaired) electrons. The SMILES string of the molecule is COc1cc([C@@H]2c3cc4c(cc3[C@@H](NC(C)C)[C@H]3COC(=O)[C@H]23)OCO4)cc(OC)c1O. The molecule has 5 rings (SSSR count). The molecule has 2 aliphatic heterocycles. The van der Waals surface area contributed by atoms with Crippen LogP contribution in [0.25, 0.3) is 0 Å². The van der Waals surface area contributed by atoms with Crippen LogP contribution < -0.4 is 24.3 Å². The van der Waals surface area contributed by atoms with Gasteiger partial charge in [0.1, 0.15) is 0 Å². The maximum atomic E-state index is 13.0. The lowest BCUT2D eigenvalue weighted by molar-refractivity contribution is -0.141. The number of carbonyl (C=O) groups excluding carboxylic acids is 1. The molecule has 8 heteroatoms. The van der Waals surface area contributed by atoms with Gasteiger partial charge in [-0.05, 0) is 41.0 Å². The maximum absolute atomic E-state index is 13.0. The molecule has 4 atom stereocenters. The van der Waals surface area contributed by atoms with Crippen LogP contribution >= 0.6 is 0 Å². The summed E-state index contributed by atoms with van der Waals surface area (Å²) in [5.74, 6) is 0.816. The monoisotopic (exact) mass is 441 g/mol. The van der Waals surface area contributed by atoms with Gasteiger partial charge in [-0.25, -0.2) is 0 Å². The molecule has 2 aromatic rings. The van der Waals surface area contributed by atoms with E-state index in [0.29, 0.717) is 18.1 Å². The van der Waals surface area contributed by atoms with E-state index in [1.54, 1.807) is 12.1 Å². The zero-order valence-electron chi connectivity index (χ0n) is 18.5. The number of ether oxygens (including phenoxy) is 5. The van der Waals surface area contributed by atoms with Gasteiger partial charge >= 0.3 is 5.97 Å². The van der Waals surface area contributed by atoms with E-state index >= 15 is 0 Å². The fourth-order valence-electron chi connectivity index (χ4n) is 5.23. The van der Waals surface area contributed by atoms with Gasteiger partial charge in [-0.3, -0.25) is 4.79 Å². The van der Waals surface area contributed by atoms with Crippen molar-refractivity contribution < 1.29 is 33.6 Å². The van der Waals surface area contributed by atoms with Crippen molar-refractivity contribution in [2.24, 2.45) is 11.8 Å². The molecule has 1 saturated heterocycles. The van der Waals surface area contributed by atoms with Gasteiger partial charge in [-0.15, -0.1) is 0 Å². The summed E-state index contributed by atoms with van der Waals surface area (Å²) in [5.41, 5.74) is 2.81. The number of carbonyl (C=O) groups is 1. The van der Waals surface area contributed by atoms with E-state index in [-0.39, 0.29) is 53.9 Å². The third-order valence-electron chi connectivity index (χ3n) is 6.56. The van der Waals surface area contributed by atoms with E-state index in [9.17, 15) is 9.90 Å². The summed E-state index contributed by atoms with van der Waals surface area (Å²) in [4.78, 5) is 13.0. The molecule has 0 unspecified atom stereocenters. The van der Waals surface area contributed by atoms with Crippen molar-refractivity contribution in [1.29, 1.82) is 0 Å². The van der Waals surface area contributed by atoms with Crippen molar-refractivity contribution in [1.82, 2.24) is 5.32 Å². The van der Waals surface area contributed by atoms with E-state index in [0.717, 1.165) is 16.7 Å². The number of phenolic OH excluding ortho intramolecular Hbond substituents is 1. The predicted molar refractivity (Wildman–Crippen MR) is 115 cm³/mol. The number of phenols is 1. The Hall–Kier alpha value is -3.13. The quantitative estimate of drug-likeness (QED) is 0.684. The highest BCUT2D eigenvalue weighted by molar-refractivity contribution is 5.79. The summed E-state index contributed by atoms with van der Waals surface area (Å²) < 4.78 is 27.7. The molecular formula is C24H27NO7. The van der Waals surface area contributed by atoms with Crippen molar-refractivity contribution in [3.63, 3.8) is 0 Å². The Morgan fingerprint density at radius 1 is 1.00 bits per heavy atom. The van der Waals surface area contributed by atoms with Crippen LogP contribution in [0.1, 0.15) is 42.5 Å². The number of aromatic hydroxyl groups is 1. The van der Waals surface area contributed by atoms with E-state index in [4.69, 9.17) is 23.7 Å². The van der Waals surface area contributed by atoms with E-state index in [1.165, 1.54) is 14.2 Å². The summed E-state index contributed by atoms with van der Waals surface area (Å²) >= 11 is 0. The molecule has 1 fully saturated rings. The highest BCUT2D eigenvalue weighted by Crippen LogP contribution is 2.55. The number of benzene rings is 2. The molecule has 8 nitrogen and oxygen atoms in total. The predicted octanol–water partition coefficient (Wildman–Crippen LogP) is 3.11. The van der Waals surface area contributed by atoms with Gasteiger partial charge in [0.15, 0.2) is 23.0 Å². The Kier molecular flexibility index (Phi) is 5.04. The molecule has 1 aliphatic carbocycles. The van der Waals surface area contributed by atoms with Crippen molar-refractivity contribution in [2.75, 3.05) is 27.6 Å². The standard InChI is InChI=1S/C24H27NO7/c1-11(2)25-22-14-8-17-16(31-10-32-17)7-13(14)20(21-15(22)9-30-24(21)27)12-5-18(28-3)23(26)19(6-12)29-4/h5-8,11,15,20-22,25-26H,9-10H2,1-4H3/t15-,20+,21-,22+/m0/s1. The van der Waals surface area contributed by atoms with E-state index in [1.807, 2.05) is 12.1 Å². The Morgan fingerprint density at radius 2 is 1.62 bits per heavy atom. The summed E-state index contributed by atoms with van der Waals surface area (Å²) in [7, 11) is 2.97. The van der Waals surface area contributed by atoms with Crippen LogP contribution in [0.15, 0.2) is 24.3 Å². The third kappa shape index (κ3) is 3.12. The number of cyclic esters (lactones) is 1. The van der Waals surface area contributed by atoms with Gasteiger partial charge in [-0.2, -0.15) is 0 Å². The number of rotatable bonds is 5. The lowest BCUT2D eigenvalue weighted by Crippen LogP contribution is -2.42. The Morgan fingerprint density at radius 3 is 2.22 bits per heavy atom. The molecule has 32 heavy (non-hydrogen) atoms. The van der Waals surface area contributed by atoms with Crippen molar-refractivity contribution in [3.8, 4) is 28.7 Å². The Balaban J connectivity index is 1.74. The second kappa shape index (κ2) is 7.78. The van der Waals surface area contributed by atoms with Crippen molar-refractivity contribution in [3.05, 3.63) is 41.0 Å². The number of hydrogen-bond acceptors (Lipinski definition) is 8. The minimum Gasteiger partial charge on any atom is -0.502 e. The van der Waals surface area contributed by atoms with Crippen LogP contribution in [0.2, 0.25) is 0 Å². The molecule has 2 heterocycles. The first-order chi connectivity index (χ1) is 15.4. The summed E-state index contributed by atoms with van der Waals surface area (Å²) in [6, 6.07) is 7.63. The smallest absolute Gasteiger partial charge is 0.310 e. The summed E-state index contributed by atoms with van der Waals surface area (Å²) in [6.07, 6.45) is 0. The number of hydrogen-bond donors (Lipinski definition) is 2. The van der Waals surface area contributed by atoms with Gasteiger partial charge in [0, 0.05) is 23.9 Å². The molecular weight excluding hydrogens is 414 g/mol. The minimum atomic E-state index is -0.405. The van der Waals surface area contributed by atoms with Crippen LogP contribution in [0.5, 0.6) is 28.7 Å². The normalized spacial score (nSPS) is 25.3. The maximum Gasteiger partial charge on any atom is 0.310 e. The first-order valence-electron chi connectivity index (χ1n) is 10.7. The fraction of sp³-hybridized carbons (Fsp3) is 0.458. The van der Waals surface area contributed by atoms with Crippen LogP contribution in [0.3, 0.4) is 0 Å². The molecule has 2 aromatic carbocycles. The second-order valence-electron chi connectivity index (χ2n) is 8.70. The average molecular weight is 441 g/mol. The second-order valence-corrected chi connectivity index (χ2v) is 8.70. The van der Waals surface area contributed by atoms with Crippen molar-refractivity contribution >= 4 is 5.97 Å². The highest BCUT2D eigenvalue weighted by atomic mass is 16.7. The zero-order chi connectivity index (χ0) is 22.6. The first-order valence-corrected chi connectivity index (χ1v) is 10.7. The molecule has 0 amide bonds. The molecule has 170 valence electrons. The van der Waals surface area contributed by atoms with Crippen LogP contribution in [0.4, 0.5) is 0 Å². The van der Waals surface area contributed by atoms with Gasteiger partial charge in [-0.1, -0.05) is 13.8 Å². The Bertz CT molecular complexity index is 1040. The Labute approximate surface area is 186 Å². The number of nitrogens with one attached hydrogen (secondary N) is 1. The molecule has 0 saturated carbocycles. The lowest BCUT2D eigenvalue weighted by atomic mass is 9.65. The van der Waals surface area contributed by atoms with Gasteiger partial charge in [0.05, 0.1) is 26.7 Å². The van der Waals surface area contributed by atoms with Gasteiger partial charge < -0.3 is 34.1 Å². The van der Waals surface area contributed by atoms with Crippen LogP contribution in [-0.2, 0) is 9.53 Å². The fourth-order valence-corrected chi connectivity index (χ4v) is 5.23. The highest BCUT2D eigenvalue weighted by Gasteiger charge is 2.52. The van der Waals surface area contributed by atoms with Crippen molar-refractivity contribution in [2.45, 2.75) is 31.8 Å². The lowest BCUT2D eigenvalue weighted by Gasteiger charge is -2.40. The molecule has 0 spiro atoms. The molecule has 0 bridgehead atoms. The third-order valence-corrected chi connectivity index (χ3v) is 6.56. The van der Waals surface area contributed by atoms with E-state index < -0.39 is 5.92 Å². The minimum absolute atomic E-state index is 0.0615. The topological polar surface area (TPSA) is 95.5 Å². The summed E-state index contributed by atoms with van der Waals surface area (Å²) in [6.45, 7) is 4.67. The van der Waals surface area contributed by atoms with Gasteiger partial charge in [0.2, 0.25) is 12.5 Å². The summed E-state index contributed by atoms with van der Waals surface area (Å²) in [5, 5.41) is 14.1. The largest absolute Gasteiger partial charge is 0.502 e. The van der Waals surface area contributed by atoms with Crippen LogP contribution in [0, 0.1) is 11.8 Å². The first kappa shape index (κ1) is 20.8. The molecule has 0 aromatic heterocycles. The molecule has 3 aliphatic rings. The zero-order valence-corrected chi connectivity index (χ0v) is 18.5. The van der Waals surface area contributed by atoms with Gasteiger partial charge in [0.25, 0.3) is 0 Å². The van der Waals surface area contributed by atoms with E-state index in [2.05, 4.69) is 19.2 Å². The number of fused-ring (bicyclic) bond motifs is 3. The number of methoxy groups -OCH3 is 2. The number of esters is 1. The molecule has 2 N–H and O–H groups in total. The van der Waals surface area contributed by atoms with Crippen LogP contribution in [-0.4, -0.2) is 44.7 Å². The average Bonchev–Trinajstić information content (AvgIpc) is 3.39.